The minimum Gasteiger partial charge on any atom is -0.378 e. The molecule has 1 atom stereocenters. The van der Waals surface area contributed by atoms with Gasteiger partial charge in [0.2, 0.25) is 5.56 Å². The van der Waals surface area contributed by atoms with Gasteiger partial charge in [-0.15, -0.1) is 0 Å². The number of hydrogen-bond donors (Lipinski definition) is 2. The van der Waals surface area contributed by atoms with E-state index in [1.54, 1.807) is 12.1 Å². The van der Waals surface area contributed by atoms with Gasteiger partial charge in [-0.25, -0.2) is 4.39 Å². The van der Waals surface area contributed by atoms with Crippen LogP contribution in [-0.4, -0.2) is 4.98 Å². The summed E-state index contributed by atoms with van der Waals surface area (Å²) >= 11 is 5.79. The number of anilines is 1. The molecule has 0 bridgehead atoms. The Bertz CT molecular complexity index is 699. The number of benzene rings is 1. The number of aromatic amines is 1. The van der Waals surface area contributed by atoms with Gasteiger partial charge in [-0.1, -0.05) is 11.6 Å². The van der Waals surface area contributed by atoms with E-state index >= 15 is 0 Å². The van der Waals surface area contributed by atoms with Crippen LogP contribution in [0.4, 0.5) is 10.1 Å². The number of rotatable bonds is 2. The largest absolute Gasteiger partial charge is 0.378 e. The van der Waals surface area contributed by atoms with E-state index < -0.39 is 5.82 Å². The van der Waals surface area contributed by atoms with Crippen molar-refractivity contribution in [2.24, 2.45) is 0 Å². The van der Waals surface area contributed by atoms with Crippen LogP contribution in [0.1, 0.15) is 30.1 Å². The van der Waals surface area contributed by atoms with Crippen molar-refractivity contribution in [2.75, 3.05) is 5.32 Å². The third kappa shape index (κ3) is 2.56. The molecule has 1 aromatic heterocycles. The van der Waals surface area contributed by atoms with Gasteiger partial charge < -0.3 is 10.3 Å². The van der Waals surface area contributed by atoms with Gasteiger partial charge in [0.1, 0.15) is 5.82 Å². The molecule has 104 valence electrons. The van der Waals surface area contributed by atoms with E-state index in [-0.39, 0.29) is 16.6 Å². The van der Waals surface area contributed by atoms with Crippen LogP contribution < -0.4 is 10.9 Å². The Morgan fingerprint density at radius 2 is 2.15 bits per heavy atom. The summed E-state index contributed by atoms with van der Waals surface area (Å²) in [5.41, 5.74) is 2.78. The fourth-order valence-electron chi connectivity index (χ4n) is 2.64. The maximum atomic E-state index is 13.2. The summed E-state index contributed by atoms with van der Waals surface area (Å²) in [5, 5.41) is 3.46. The molecule has 1 aliphatic rings. The van der Waals surface area contributed by atoms with Crippen molar-refractivity contribution in [3.05, 3.63) is 62.8 Å². The number of halogens is 2. The van der Waals surface area contributed by atoms with Crippen molar-refractivity contribution in [3.63, 3.8) is 0 Å². The lowest BCUT2D eigenvalue weighted by molar-refractivity contribution is 0.586. The van der Waals surface area contributed by atoms with Gasteiger partial charge in [0, 0.05) is 17.4 Å². The molecule has 0 spiro atoms. The molecule has 3 nitrogen and oxygen atoms in total. The zero-order valence-electron chi connectivity index (χ0n) is 10.7. The molecule has 0 aliphatic heterocycles. The van der Waals surface area contributed by atoms with Crippen molar-refractivity contribution >= 4 is 17.3 Å². The number of aryl methyl sites for hydroxylation is 1. The monoisotopic (exact) mass is 292 g/mol. The van der Waals surface area contributed by atoms with Gasteiger partial charge in [-0.05, 0) is 49.1 Å². The van der Waals surface area contributed by atoms with Gasteiger partial charge in [0.15, 0.2) is 0 Å². The molecule has 0 saturated carbocycles. The second-order valence-electron chi connectivity index (χ2n) is 4.97. The average molecular weight is 293 g/mol. The van der Waals surface area contributed by atoms with E-state index in [0.29, 0.717) is 0 Å². The van der Waals surface area contributed by atoms with E-state index in [9.17, 15) is 9.18 Å². The highest BCUT2D eigenvalue weighted by molar-refractivity contribution is 6.31. The molecular weight excluding hydrogens is 279 g/mol. The molecule has 20 heavy (non-hydrogen) atoms. The van der Waals surface area contributed by atoms with Gasteiger partial charge in [0.25, 0.3) is 0 Å². The number of pyridine rings is 1. The van der Waals surface area contributed by atoms with Gasteiger partial charge in [0.05, 0.1) is 11.1 Å². The molecule has 1 aromatic carbocycles. The number of aromatic nitrogens is 1. The maximum Gasteiger partial charge on any atom is 0.248 e. The molecule has 2 N–H and O–H groups in total. The minimum atomic E-state index is -0.425. The van der Waals surface area contributed by atoms with E-state index in [1.807, 2.05) is 6.07 Å². The Balaban J connectivity index is 1.89. The van der Waals surface area contributed by atoms with Gasteiger partial charge in [-0.3, -0.25) is 4.79 Å². The standard InChI is InChI=1S/C15H14ClFN2O/c16-11-8-9(4-6-12(11)17)18-13-2-1-3-14-10(13)5-7-15(20)19-14/h4-8,13,18H,1-3H2,(H,19,20). The zero-order valence-corrected chi connectivity index (χ0v) is 11.5. The van der Waals surface area contributed by atoms with Crippen LogP contribution in [0.2, 0.25) is 5.02 Å². The number of nitrogens with one attached hydrogen (secondary N) is 2. The average Bonchev–Trinajstić information content (AvgIpc) is 2.43. The SMILES string of the molecule is O=c1ccc2c([nH]1)CCCC2Nc1ccc(F)c(Cl)c1. The van der Waals surface area contributed by atoms with Crippen molar-refractivity contribution in [1.82, 2.24) is 4.98 Å². The first-order valence-electron chi connectivity index (χ1n) is 6.57. The Morgan fingerprint density at radius 1 is 1.30 bits per heavy atom. The van der Waals surface area contributed by atoms with Gasteiger partial charge >= 0.3 is 0 Å². The van der Waals surface area contributed by atoms with E-state index in [2.05, 4.69) is 10.3 Å². The highest BCUT2D eigenvalue weighted by atomic mass is 35.5. The predicted octanol–water partition coefficient (Wildman–Crippen LogP) is 3.66. The summed E-state index contributed by atoms with van der Waals surface area (Å²) in [6, 6.07) is 8.10. The lowest BCUT2D eigenvalue weighted by Crippen LogP contribution is -2.21. The molecule has 0 amide bonds. The molecule has 3 rings (SSSR count). The summed E-state index contributed by atoms with van der Waals surface area (Å²) in [7, 11) is 0. The van der Waals surface area contributed by atoms with Crippen LogP contribution in [0.25, 0.3) is 0 Å². The highest BCUT2D eigenvalue weighted by Gasteiger charge is 2.20. The van der Waals surface area contributed by atoms with Crippen LogP contribution in [0.3, 0.4) is 0 Å². The van der Waals surface area contributed by atoms with Crippen LogP contribution in [0.5, 0.6) is 0 Å². The number of H-pyrrole nitrogens is 1. The Hall–Kier alpha value is -1.81. The molecule has 0 radical (unpaired) electrons. The van der Waals surface area contributed by atoms with Crippen LogP contribution in [-0.2, 0) is 6.42 Å². The zero-order chi connectivity index (χ0) is 14.1. The topological polar surface area (TPSA) is 44.9 Å². The molecule has 1 aliphatic carbocycles. The van der Waals surface area contributed by atoms with Gasteiger partial charge in [-0.2, -0.15) is 0 Å². The first kappa shape index (κ1) is 13.2. The third-order valence-electron chi connectivity index (χ3n) is 3.59. The van der Waals surface area contributed by atoms with Crippen LogP contribution in [0, 0.1) is 5.82 Å². The molecule has 0 saturated heterocycles. The van der Waals surface area contributed by atoms with Crippen molar-refractivity contribution in [3.8, 4) is 0 Å². The predicted molar refractivity (Wildman–Crippen MR) is 77.8 cm³/mol. The first-order chi connectivity index (χ1) is 9.63. The smallest absolute Gasteiger partial charge is 0.248 e. The third-order valence-corrected chi connectivity index (χ3v) is 3.88. The molecular formula is C15H14ClFN2O. The van der Waals surface area contributed by atoms with Crippen LogP contribution >= 0.6 is 11.6 Å². The Labute approximate surface area is 120 Å². The quantitative estimate of drug-likeness (QED) is 0.887. The summed E-state index contributed by atoms with van der Waals surface area (Å²) < 4.78 is 13.2. The normalized spacial score (nSPS) is 17.6. The summed E-state index contributed by atoms with van der Waals surface area (Å²) in [4.78, 5) is 14.2. The fraction of sp³-hybridized carbons (Fsp3) is 0.267. The molecule has 1 heterocycles. The molecule has 5 heteroatoms. The van der Waals surface area contributed by atoms with E-state index in [4.69, 9.17) is 11.6 Å². The van der Waals surface area contributed by atoms with Crippen molar-refractivity contribution in [1.29, 1.82) is 0 Å². The number of fused-ring (bicyclic) bond motifs is 1. The van der Waals surface area contributed by atoms with Crippen LogP contribution in [0.15, 0.2) is 35.1 Å². The second-order valence-corrected chi connectivity index (χ2v) is 5.38. The Kier molecular flexibility index (Phi) is 3.49. The minimum absolute atomic E-state index is 0.0748. The molecule has 1 unspecified atom stereocenters. The first-order valence-corrected chi connectivity index (χ1v) is 6.95. The highest BCUT2D eigenvalue weighted by Crippen LogP contribution is 2.31. The van der Waals surface area contributed by atoms with E-state index in [0.717, 1.165) is 36.2 Å². The van der Waals surface area contributed by atoms with Crippen molar-refractivity contribution < 1.29 is 4.39 Å². The Morgan fingerprint density at radius 3 is 2.95 bits per heavy atom. The molecule has 0 fully saturated rings. The fourth-order valence-corrected chi connectivity index (χ4v) is 2.82. The van der Waals surface area contributed by atoms with Crippen molar-refractivity contribution in [2.45, 2.75) is 25.3 Å². The van der Waals surface area contributed by atoms with E-state index in [1.165, 1.54) is 12.1 Å². The molecule has 2 aromatic rings. The summed E-state index contributed by atoms with van der Waals surface area (Å²) in [6.07, 6.45) is 2.85. The number of hydrogen-bond acceptors (Lipinski definition) is 2. The lowest BCUT2D eigenvalue weighted by atomic mass is 9.91. The lowest BCUT2D eigenvalue weighted by Gasteiger charge is -2.26. The summed E-state index contributed by atoms with van der Waals surface area (Å²) in [5.74, 6) is -0.425. The summed E-state index contributed by atoms with van der Waals surface area (Å²) in [6.45, 7) is 0. The second kappa shape index (κ2) is 5.29. The maximum absolute atomic E-state index is 13.2.